The minimum atomic E-state index is -0.946. The van der Waals surface area contributed by atoms with Crippen molar-refractivity contribution in [1.82, 2.24) is 10.2 Å². The Labute approximate surface area is 125 Å². The quantitative estimate of drug-likeness (QED) is 0.883. The second-order valence-electron chi connectivity index (χ2n) is 6.20. The summed E-state index contributed by atoms with van der Waals surface area (Å²) in [5, 5.41) is 18.2. The largest absolute Gasteiger partial charge is 0.421 e. The van der Waals surface area contributed by atoms with Crippen molar-refractivity contribution in [2.24, 2.45) is 11.7 Å². The van der Waals surface area contributed by atoms with Gasteiger partial charge in [0, 0.05) is 6.04 Å². The van der Waals surface area contributed by atoms with Crippen molar-refractivity contribution in [2.45, 2.75) is 45.3 Å². The number of aliphatic hydroxyl groups is 1. The first-order valence-corrected chi connectivity index (χ1v) is 7.17. The third-order valence-corrected chi connectivity index (χ3v) is 3.86. The van der Waals surface area contributed by atoms with Crippen LogP contribution < -0.4 is 5.73 Å². The van der Waals surface area contributed by atoms with Crippen LogP contribution in [0, 0.1) is 5.92 Å². The topological polar surface area (TPSA) is 85.2 Å². The van der Waals surface area contributed by atoms with Crippen molar-refractivity contribution in [2.75, 3.05) is 0 Å². The number of nitrogens with two attached hydrogens (primary N) is 1. The second kappa shape index (κ2) is 5.95. The molecule has 2 aromatic rings. The van der Waals surface area contributed by atoms with Crippen LogP contribution in [-0.4, -0.2) is 21.3 Å². The Hall–Kier alpha value is -1.72. The van der Waals surface area contributed by atoms with Crippen LogP contribution >= 0.6 is 0 Å². The second-order valence-corrected chi connectivity index (χ2v) is 6.20. The molecule has 0 radical (unpaired) electrons. The van der Waals surface area contributed by atoms with Gasteiger partial charge in [-0.15, -0.1) is 10.2 Å². The summed E-state index contributed by atoms with van der Waals surface area (Å²) in [5.41, 5.74) is 6.59. The van der Waals surface area contributed by atoms with E-state index in [2.05, 4.69) is 10.2 Å². The van der Waals surface area contributed by atoms with Crippen molar-refractivity contribution in [3.05, 3.63) is 47.7 Å². The lowest BCUT2D eigenvalue weighted by Gasteiger charge is -2.21. The maximum absolute atomic E-state index is 10.2. The zero-order valence-electron chi connectivity index (χ0n) is 12.9. The number of rotatable bonds is 5. The third kappa shape index (κ3) is 3.14. The molecule has 2 atom stereocenters. The summed E-state index contributed by atoms with van der Waals surface area (Å²) in [7, 11) is 0. The van der Waals surface area contributed by atoms with Crippen LogP contribution in [0.15, 0.2) is 34.7 Å². The summed E-state index contributed by atoms with van der Waals surface area (Å²) in [6, 6.07) is 9.50. The van der Waals surface area contributed by atoms with Gasteiger partial charge in [0.25, 0.3) is 0 Å². The lowest BCUT2D eigenvalue weighted by atomic mass is 9.85. The molecule has 1 aromatic carbocycles. The first kappa shape index (κ1) is 15.7. The molecule has 5 nitrogen and oxygen atoms in total. The number of hydrogen-bond acceptors (Lipinski definition) is 5. The first-order chi connectivity index (χ1) is 9.84. The molecule has 5 heteroatoms. The van der Waals surface area contributed by atoms with Crippen LogP contribution in [0.3, 0.4) is 0 Å². The summed E-state index contributed by atoms with van der Waals surface area (Å²) in [4.78, 5) is 0. The first-order valence-electron chi connectivity index (χ1n) is 7.17. The van der Waals surface area contributed by atoms with Crippen LogP contribution in [0.5, 0.6) is 0 Å². The highest BCUT2D eigenvalue weighted by Gasteiger charge is 2.32. The normalized spacial score (nSPS) is 15.2. The molecule has 0 spiro atoms. The van der Waals surface area contributed by atoms with E-state index in [1.807, 2.05) is 58.0 Å². The molecule has 0 amide bonds. The molecule has 0 aliphatic rings. The van der Waals surface area contributed by atoms with Crippen LogP contribution in [-0.2, 0) is 5.41 Å². The van der Waals surface area contributed by atoms with Crippen LogP contribution in [0.25, 0.3) is 0 Å². The smallest absolute Gasteiger partial charge is 0.246 e. The zero-order chi connectivity index (χ0) is 15.6. The van der Waals surface area contributed by atoms with Gasteiger partial charge in [0.1, 0.15) is 6.10 Å². The standard InChI is InChI=1S/C16H23N3O2/c1-10(2)12(17)13(20)14-18-19-15(21-14)16(3,4)11-8-6-5-7-9-11/h5-10,12-13,20H,17H2,1-4H3/t12-,13?/m0/s1. The Morgan fingerprint density at radius 3 is 2.33 bits per heavy atom. The van der Waals surface area contributed by atoms with Crippen LogP contribution in [0.1, 0.15) is 51.1 Å². The van der Waals surface area contributed by atoms with Crippen molar-refractivity contribution < 1.29 is 9.52 Å². The maximum Gasteiger partial charge on any atom is 0.246 e. The molecular weight excluding hydrogens is 266 g/mol. The molecule has 0 bridgehead atoms. The van der Waals surface area contributed by atoms with E-state index in [0.29, 0.717) is 5.89 Å². The number of hydrogen-bond donors (Lipinski definition) is 2. The molecule has 1 aromatic heterocycles. The van der Waals surface area contributed by atoms with Crippen molar-refractivity contribution in [3.63, 3.8) is 0 Å². The van der Waals surface area contributed by atoms with Crippen LogP contribution in [0.4, 0.5) is 0 Å². The molecule has 1 heterocycles. The van der Waals surface area contributed by atoms with Crippen molar-refractivity contribution >= 4 is 0 Å². The van der Waals surface area contributed by atoms with Gasteiger partial charge >= 0.3 is 0 Å². The molecule has 3 N–H and O–H groups in total. The third-order valence-electron chi connectivity index (χ3n) is 3.86. The van der Waals surface area contributed by atoms with Gasteiger partial charge in [-0.3, -0.25) is 0 Å². The monoisotopic (exact) mass is 289 g/mol. The van der Waals surface area contributed by atoms with Crippen LogP contribution in [0.2, 0.25) is 0 Å². The maximum atomic E-state index is 10.2. The number of benzene rings is 1. The minimum Gasteiger partial charge on any atom is -0.421 e. The lowest BCUT2D eigenvalue weighted by molar-refractivity contribution is 0.0949. The molecule has 0 aliphatic heterocycles. The number of aliphatic hydroxyl groups excluding tert-OH is 1. The Morgan fingerprint density at radius 2 is 1.76 bits per heavy atom. The van der Waals surface area contributed by atoms with Gasteiger partial charge in [0.2, 0.25) is 11.8 Å². The van der Waals surface area contributed by atoms with E-state index < -0.39 is 17.6 Å². The van der Waals surface area contributed by atoms with E-state index >= 15 is 0 Å². The summed E-state index contributed by atoms with van der Waals surface area (Å²) >= 11 is 0. The van der Waals surface area contributed by atoms with E-state index in [4.69, 9.17) is 10.2 Å². The van der Waals surface area contributed by atoms with Gasteiger partial charge in [-0.05, 0) is 25.3 Å². The number of nitrogens with zero attached hydrogens (tertiary/aromatic N) is 2. The fraction of sp³-hybridized carbons (Fsp3) is 0.500. The molecule has 0 saturated carbocycles. The van der Waals surface area contributed by atoms with Crippen molar-refractivity contribution in [1.29, 1.82) is 0 Å². The summed E-state index contributed by atoms with van der Waals surface area (Å²) in [6.07, 6.45) is -0.946. The Bertz CT molecular complexity index is 578. The molecule has 1 unspecified atom stereocenters. The van der Waals surface area contributed by atoms with Crippen molar-refractivity contribution in [3.8, 4) is 0 Å². The van der Waals surface area contributed by atoms with Gasteiger partial charge in [0.15, 0.2) is 0 Å². The van der Waals surface area contributed by atoms with Gasteiger partial charge in [-0.25, -0.2) is 0 Å². The molecule has 2 rings (SSSR count). The molecule has 0 saturated heterocycles. The van der Waals surface area contributed by atoms with Gasteiger partial charge in [-0.1, -0.05) is 44.2 Å². The molecule has 0 fully saturated rings. The van der Waals surface area contributed by atoms with Gasteiger partial charge in [-0.2, -0.15) is 0 Å². The Kier molecular flexibility index (Phi) is 4.44. The molecular formula is C16H23N3O2. The Balaban J connectivity index is 2.27. The van der Waals surface area contributed by atoms with E-state index in [1.54, 1.807) is 0 Å². The van der Waals surface area contributed by atoms with E-state index in [1.165, 1.54) is 0 Å². The zero-order valence-corrected chi connectivity index (χ0v) is 12.9. The highest BCUT2D eigenvalue weighted by Crippen LogP contribution is 2.31. The summed E-state index contributed by atoms with van der Waals surface area (Å²) in [5.74, 6) is 0.770. The average molecular weight is 289 g/mol. The molecule has 114 valence electrons. The number of aromatic nitrogens is 2. The Morgan fingerprint density at radius 1 is 1.14 bits per heavy atom. The molecule has 21 heavy (non-hydrogen) atoms. The fourth-order valence-electron chi connectivity index (χ4n) is 2.11. The fourth-order valence-corrected chi connectivity index (χ4v) is 2.11. The van der Waals surface area contributed by atoms with E-state index in [9.17, 15) is 5.11 Å². The van der Waals surface area contributed by atoms with Gasteiger partial charge < -0.3 is 15.3 Å². The molecule has 0 aliphatic carbocycles. The van der Waals surface area contributed by atoms with E-state index in [-0.39, 0.29) is 11.8 Å². The highest BCUT2D eigenvalue weighted by atomic mass is 16.4. The predicted molar refractivity (Wildman–Crippen MR) is 80.6 cm³/mol. The lowest BCUT2D eigenvalue weighted by Crippen LogP contribution is -2.33. The van der Waals surface area contributed by atoms with Gasteiger partial charge in [0.05, 0.1) is 5.41 Å². The highest BCUT2D eigenvalue weighted by molar-refractivity contribution is 5.29. The SMILES string of the molecule is CC(C)[C@H](N)C(O)c1nnc(C(C)(C)c2ccccc2)o1. The summed E-state index contributed by atoms with van der Waals surface area (Å²) < 4.78 is 5.68. The minimum absolute atomic E-state index is 0.123. The average Bonchev–Trinajstić information content (AvgIpc) is 2.97. The predicted octanol–water partition coefficient (Wildman–Crippen LogP) is 2.41. The van der Waals surface area contributed by atoms with E-state index in [0.717, 1.165) is 5.56 Å². The summed E-state index contributed by atoms with van der Waals surface area (Å²) in [6.45, 7) is 7.90.